The molecule has 90 valence electrons. The van der Waals surface area contributed by atoms with Crippen LogP contribution < -0.4 is 5.32 Å². The molecule has 1 saturated heterocycles. The lowest BCUT2D eigenvalue weighted by molar-refractivity contribution is 0.131. The van der Waals surface area contributed by atoms with E-state index in [4.69, 9.17) is 6.42 Å². The van der Waals surface area contributed by atoms with Crippen LogP contribution in [0.3, 0.4) is 0 Å². The normalized spacial score (nSPS) is 22.9. The molecule has 0 aliphatic carbocycles. The molecule has 2 nitrogen and oxygen atoms in total. The number of nitrogens with one attached hydrogen (secondary N) is 1. The van der Waals surface area contributed by atoms with Crippen molar-refractivity contribution in [1.29, 1.82) is 0 Å². The zero-order chi connectivity index (χ0) is 12.1. The average Bonchev–Trinajstić information content (AvgIpc) is 2.42. The van der Waals surface area contributed by atoms with E-state index in [1.807, 2.05) is 0 Å². The summed E-state index contributed by atoms with van der Waals surface area (Å²) in [6.07, 6.45) is 6.66. The molecular formula is C15H20N2. The Bertz CT molecular complexity index is 380. The minimum atomic E-state index is 0.252. The highest BCUT2D eigenvalue weighted by Crippen LogP contribution is 2.24. The van der Waals surface area contributed by atoms with Crippen molar-refractivity contribution in [2.24, 2.45) is 0 Å². The van der Waals surface area contributed by atoms with Crippen molar-refractivity contribution in [1.82, 2.24) is 10.2 Å². The first-order valence-corrected chi connectivity index (χ1v) is 6.34. The molecule has 0 saturated carbocycles. The van der Waals surface area contributed by atoms with Crippen molar-refractivity contribution in [2.45, 2.75) is 25.4 Å². The van der Waals surface area contributed by atoms with E-state index in [-0.39, 0.29) is 6.04 Å². The van der Waals surface area contributed by atoms with E-state index in [0.29, 0.717) is 6.04 Å². The Morgan fingerprint density at radius 2 is 2.24 bits per heavy atom. The lowest BCUT2D eigenvalue weighted by Gasteiger charge is -2.39. The second kappa shape index (κ2) is 5.86. The summed E-state index contributed by atoms with van der Waals surface area (Å²) in [4.78, 5) is 2.45. The van der Waals surface area contributed by atoms with Gasteiger partial charge in [0.1, 0.15) is 0 Å². The van der Waals surface area contributed by atoms with Gasteiger partial charge in [-0.2, -0.15) is 0 Å². The predicted octanol–water partition coefficient (Wildman–Crippen LogP) is 2.04. The fourth-order valence-corrected chi connectivity index (χ4v) is 2.53. The van der Waals surface area contributed by atoms with Crippen LogP contribution in [-0.2, 0) is 0 Å². The number of hydrogen-bond acceptors (Lipinski definition) is 2. The minimum Gasteiger partial charge on any atom is -0.314 e. The lowest BCUT2D eigenvalue weighted by Crippen LogP contribution is -2.49. The van der Waals surface area contributed by atoms with Gasteiger partial charge in [0.15, 0.2) is 0 Å². The Morgan fingerprint density at radius 3 is 2.88 bits per heavy atom. The molecule has 1 aromatic rings. The van der Waals surface area contributed by atoms with Crippen LogP contribution in [0.5, 0.6) is 0 Å². The van der Waals surface area contributed by atoms with Gasteiger partial charge in [-0.25, -0.2) is 0 Å². The summed E-state index contributed by atoms with van der Waals surface area (Å²) in [6.45, 7) is 5.21. The second-order valence-electron chi connectivity index (χ2n) is 4.46. The molecule has 0 aromatic heterocycles. The van der Waals surface area contributed by atoms with Crippen LogP contribution in [0, 0.1) is 12.3 Å². The second-order valence-corrected chi connectivity index (χ2v) is 4.46. The molecule has 1 fully saturated rings. The molecule has 1 N–H and O–H groups in total. The van der Waals surface area contributed by atoms with E-state index in [0.717, 1.165) is 26.1 Å². The number of nitrogens with zero attached hydrogens (tertiary/aromatic N) is 1. The van der Waals surface area contributed by atoms with Gasteiger partial charge in [0, 0.05) is 25.7 Å². The molecule has 1 aliphatic rings. The van der Waals surface area contributed by atoms with E-state index in [9.17, 15) is 0 Å². The number of rotatable bonds is 3. The van der Waals surface area contributed by atoms with Gasteiger partial charge >= 0.3 is 0 Å². The maximum atomic E-state index is 5.64. The van der Waals surface area contributed by atoms with Crippen molar-refractivity contribution in [3.05, 3.63) is 35.9 Å². The van der Waals surface area contributed by atoms with Crippen molar-refractivity contribution in [3.8, 4) is 12.3 Å². The fourth-order valence-electron chi connectivity index (χ4n) is 2.53. The highest BCUT2D eigenvalue weighted by atomic mass is 15.2. The van der Waals surface area contributed by atoms with Crippen LogP contribution in [0.2, 0.25) is 0 Å². The zero-order valence-electron chi connectivity index (χ0n) is 10.4. The maximum Gasteiger partial charge on any atom is 0.0715 e. The Morgan fingerprint density at radius 1 is 1.47 bits per heavy atom. The van der Waals surface area contributed by atoms with Crippen LogP contribution in [0.1, 0.15) is 24.9 Å². The summed E-state index contributed by atoms with van der Waals surface area (Å²) in [7, 11) is 0. The predicted molar refractivity (Wildman–Crippen MR) is 71.7 cm³/mol. The molecule has 1 heterocycles. The Hall–Kier alpha value is -1.30. The molecule has 0 spiro atoms. The largest absolute Gasteiger partial charge is 0.314 e. The van der Waals surface area contributed by atoms with Crippen LogP contribution in [-0.4, -0.2) is 30.6 Å². The maximum absolute atomic E-state index is 5.64. The molecule has 1 aromatic carbocycles. The van der Waals surface area contributed by atoms with E-state index in [1.54, 1.807) is 0 Å². The monoisotopic (exact) mass is 228 g/mol. The first-order chi connectivity index (χ1) is 8.36. The highest BCUT2D eigenvalue weighted by molar-refractivity contribution is 5.21. The number of piperazine rings is 1. The van der Waals surface area contributed by atoms with Gasteiger partial charge in [0.25, 0.3) is 0 Å². The third kappa shape index (κ3) is 2.69. The Kier molecular flexibility index (Phi) is 4.19. The summed E-state index contributed by atoms with van der Waals surface area (Å²) in [5.74, 6) is 2.92. The van der Waals surface area contributed by atoms with Crippen molar-refractivity contribution in [2.75, 3.05) is 19.6 Å². The number of benzene rings is 1. The zero-order valence-corrected chi connectivity index (χ0v) is 10.4. The van der Waals surface area contributed by atoms with Crippen LogP contribution >= 0.6 is 0 Å². The molecule has 0 amide bonds. The van der Waals surface area contributed by atoms with E-state index >= 15 is 0 Å². The van der Waals surface area contributed by atoms with Crippen LogP contribution in [0.4, 0.5) is 0 Å². The molecule has 2 heteroatoms. The summed E-state index contributed by atoms with van der Waals surface area (Å²) in [5.41, 5.74) is 1.36. The van der Waals surface area contributed by atoms with Gasteiger partial charge in [-0.3, -0.25) is 4.90 Å². The van der Waals surface area contributed by atoms with Crippen LogP contribution in [0.15, 0.2) is 30.3 Å². The quantitative estimate of drug-likeness (QED) is 0.797. The Balaban J connectivity index is 2.21. The third-order valence-corrected chi connectivity index (χ3v) is 3.45. The third-order valence-electron chi connectivity index (χ3n) is 3.45. The summed E-state index contributed by atoms with van der Waals surface area (Å²) >= 11 is 0. The standard InChI is InChI=1S/C15H20N2/c1-3-14(4-2)17-11-10-16-12-15(17)13-8-6-5-7-9-13/h1,5-9,14-16H,4,10-12H2,2H3. The number of terminal acetylenes is 1. The SMILES string of the molecule is C#CC(CC)N1CCNCC1c1ccccc1. The molecule has 17 heavy (non-hydrogen) atoms. The summed E-state index contributed by atoms with van der Waals surface area (Å²) in [5, 5.41) is 3.46. The number of hydrogen-bond donors (Lipinski definition) is 1. The van der Waals surface area contributed by atoms with E-state index in [2.05, 4.69) is 53.4 Å². The van der Waals surface area contributed by atoms with Gasteiger partial charge in [0.05, 0.1) is 6.04 Å². The molecule has 2 atom stereocenters. The van der Waals surface area contributed by atoms with Gasteiger partial charge in [-0.15, -0.1) is 6.42 Å². The van der Waals surface area contributed by atoms with E-state index < -0.39 is 0 Å². The molecule has 2 rings (SSSR count). The molecule has 0 radical (unpaired) electrons. The van der Waals surface area contributed by atoms with Gasteiger partial charge in [0.2, 0.25) is 0 Å². The minimum absolute atomic E-state index is 0.252. The first-order valence-electron chi connectivity index (χ1n) is 6.34. The van der Waals surface area contributed by atoms with Crippen molar-refractivity contribution in [3.63, 3.8) is 0 Å². The molecule has 0 bridgehead atoms. The average molecular weight is 228 g/mol. The van der Waals surface area contributed by atoms with Crippen molar-refractivity contribution >= 4 is 0 Å². The van der Waals surface area contributed by atoms with E-state index in [1.165, 1.54) is 5.56 Å². The van der Waals surface area contributed by atoms with Gasteiger partial charge in [-0.1, -0.05) is 43.2 Å². The van der Waals surface area contributed by atoms with Crippen LogP contribution in [0.25, 0.3) is 0 Å². The lowest BCUT2D eigenvalue weighted by atomic mass is 10.0. The molecular weight excluding hydrogens is 208 g/mol. The summed E-state index contributed by atoms with van der Waals surface area (Å²) < 4.78 is 0. The van der Waals surface area contributed by atoms with Gasteiger partial charge < -0.3 is 5.32 Å². The smallest absolute Gasteiger partial charge is 0.0715 e. The van der Waals surface area contributed by atoms with Crippen molar-refractivity contribution < 1.29 is 0 Å². The molecule has 1 aliphatic heterocycles. The highest BCUT2D eigenvalue weighted by Gasteiger charge is 2.27. The van der Waals surface area contributed by atoms with Gasteiger partial charge in [-0.05, 0) is 12.0 Å². The molecule has 2 unspecified atom stereocenters. The summed E-state index contributed by atoms with van der Waals surface area (Å²) in [6, 6.07) is 11.3. The topological polar surface area (TPSA) is 15.3 Å². The fraction of sp³-hybridized carbons (Fsp3) is 0.467. The first kappa shape index (κ1) is 12.2. The Labute approximate surface area is 104 Å².